The maximum absolute atomic E-state index is 12.0. The van der Waals surface area contributed by atoms with Gasteiger partial charge in [0, 0.05) is 25.2 Å². The van der Waals surface area contributed by atoms with Gasteiger partial charge >= 0.3 is 6.09 Å². The van der Waals surface area contributed by atoms with Crippen LogP contribution in [-0.2, 0) is 4.74 Å². The molecule has 1 unspecified atom stereocenters. The van der Waals surface area contributed by atoms with Crippen molar-refractivity contribution in [3.8, 4) is 5.88 Å². The lowest BCUT2D eigenvalue weighted by Crippen LogP contribution is -2.35. The number of hydrogen-bond donors (Lipinski definition) is 1. The van der Waals surface area contributed by atoms with Crippen molar-refractivity contribution in [3.05, 3.63) is 18.3 Å². The summed E-state index contributed by atoms with van der Waals surface area (Å²) >= 11 is 0. The molecule has 1 fully saturated rings. The molecule has 116 valence electrons. The summed E-state index contributed by atoms with van der Waals surface area (Å²) in [6, 6.07) is 3.52. The number of hydrogen-bond acceptors (Lipinski definition) is 5. The van der Waals surface area contributed by atoms with Crippen LogP contribution >= 0.6 is 0 Å². The summed E-state index contributed by atoms with van der Waals surface area (Å²) < 4.78 is 11.0. The molecule has 21 heavy (non-hydrogen) atoms. The summed E-state index contributed by atoms with van der Waals surface area (Å²) in [5, 5.41) is 0. The van der Waals surface area contributed by atoms with Gasteiger partial charge in [0.1, 0.15) is 5.60 Å². The van der Waals surface area contributed by atoms with Gasteiger partial charge in [0.15, 0.2) is 0 Å². The smallest absolute Gasteiger partial charge is 0.410 e. The molecule has 0 aromatic carbocycles. The fourth-order valence-electron chi connectivity index (χ4n) is 2.18. The second kappa shape index (κ2) is 6.20. The predicted molar refractivity (Wildman–Crippen MR) is 80.1 cm³/mol. The molecule has 1 aromatic rings. The summed E-state index contributed by atoms with van der Waals surface area (Å²) in [7, 11) is 0. The van der Waals surface area contributed by atoms with Gasteiger partial charge in [-0.15, -0.1) is 0 Å². The minimum Gasteiger partial charge on any atom is -0.476 e. The van der Waals surface area contributed by atoms with Gasteiger partial charge in [-0.1, -0.05) is 0 Å². The molecule has 1 atom stereocenters. The SMILES string of the molecule is CC(C)(C)OC(=O)N1CCC(COc2ncccc2N)C1. The molecular weight excluding hydrogens is 270 g/mol. The van der Waals surface area contributed by atoms with Crippen molar-refractivity contribution in [1.82, 2.24) is 9.88 Å². The first-order valence-corrected chi connectivity index (χ1v) is 7.16. The lowest BCUT2D eigenvalue weighted by molar-refractivity contribution is 0.0284. The largest absolute Gasteiger partial charge is 0.476 e. The average molecular weight is 293 g/mol. The van der Waals surface area contributed by atoms with Crippen LogP contribution in [-0.4, -0.2) is 41.3 Å². The molecule has 1 aromatic heterocycles. The van der Waals surface area contributed by atoms with Crippen LogP contribution in [0.15, 0.2) is 18.3 Å². The monoisotopic (exact) mass is 293 g/mol. The lowest BCUT2D eigenvalue weighted by atomic mass is 10.1. The quantitative estimate of drug-likeness (QED) is 0.925. The van der Waals surface area contributed by atoms with Crippen molar-refractivity contribution in [2.75, 3.05) is 25.4 Å². The summed E-state index contributed by atoms with van der Waals surface area (Å²) in [4.78, 5) is 17.8. The molecule has 1 amide bonds. The molecular formula is C15H23N3O3. The number of nitrogens with zero attached hydrogens (tertiary/aromatic N) is 2. The van der Waals surface area contributed by atoms with Gasteiger partial charge in [-0.2, -0.15) is 0 Å². The van der Waals surface area contributed by atoms with Gasteiger partial charge in [-0.3, -0.25) is 0 Å². The number of aromatic nitrogens is 1. The third-order valence-corrected chi connectivity index (χ3v) is 3.19. The Morgan fingerprint density at radius 2 is 2.29 bits per heavy atom. The van der Waals surface area contributed by atoms with Gasteiger partial charge < -0.3 is 20.1 Å². The number of pyridine rings is 1. The van der Waals surface area contributed by atoms with E-state index in [-0.39, 0.29) is 12.0 Å². The van der Waals surface area contributed by atoms with Crippen LogP contribution in [0.2, 0.25) is 0 Å². The standard InChI is InChI=1S/C15H23N3O3/c1-15(2,3)21-14(19)18-8-6-11(9-18)10-20-13-12(16)5-4-7-17-13/h4-5,7,11H,6,8-10,16H2,1-3H3. The van der Waals surface area contributed by atoms with E-state index in [9.17, 15) is 4.79 Å². The maximum atomic E-state index is 12.0. The third kappa shape index (κ3) is 4.51. The fourth-order valence-corrected chi connectivity index (χ4v) is 2.18. The first-order valence-electron chi connectivity index (χ1n) is 7.16. The molecule has 1 aliphatic rings. The van der Waals surface area contributed by atoms with E-state index in [2.05, 4.69) is 4.98 Å². The number of ether oxygens (including phenoxy) is 2. The lowest BCUT2D eigenvalue weighted by Gasteiger charge is -2.24. The van der Waals surface area contributed by atoms with Gasteiger partial charge in [-0.05, 0) is 39.3 Å². The highest BCUT2D eigenvalue weighted by Gasteiger charge is 2.30. The van der Waals surface area contributed by atoms with Crippen molar-refractivity contribution >= 4 is 11.8 Å². The Balaban J connectivity index is 1.80. The van der Waals surface area contributed by atoms with Crippen LogP contribution in [0.4, 0.5) is 10.5 Å². The van der Waals surface area contributed by atoms with Crippen LogP contribution in [0.1, 0.15) is 27.2 Å². The first-order chi connectivity index (χ1) is 9.85. The second-order valence-electron chi connectivity index (χ2n) is 6.29. The van der Waals surface area contributed by atoms with E-state index in [1.54, 1.807) is 23.2 Å². The summed E-state index contributed by atoms with van der Waals surface area (Å²) in [6.45, 7) is 7.44. The number of nitrogen functional groups attached to an aromatic ring is 1. The number of amides is 1. The number of carbonyl (C=O) groups is 1. The molecule has 1 aliphatic heterocycles. The number of likely N-dealkylation sites (tertiary alicyclic amines) is 1. The third-order valence-electron chi connectivity index (χ3n) is 3.19. The van der Waals surface area contributed by atoms with Crippen molar-refractivity contribution in [2.45, 2.75) is 32.8 Å². The molecule has 1 saturated heterocycles. The number of rotatable bonds is 3. The summed E-state index contributed by atoms with van der Waals surface area (Å²) in [5.41, 5.74) is 5.84. The number of anilines is 1. The Morgan fingerprint density at radius 1 is 1.52 bits per heavy atom. The second-order valence-corrected chi connectivity index (χ2v) is 6.29. The molecule has 6 heteroatoms. The Labute approximate surface area is 125 Å². The van der Waals surface area contributed by atoms with E-state index in [1.165, 1.54) is 0 Å². The van der Waals surface area contributed by atoms with Crippen LogP contribution in [0.5, 0.6) is 5.88 Å². The Morgan fingerprint density at radius 3 is 2.95 bits per heavy atom. The fraction of sp³-hybridized carbons (Fsp3) is 0.600. The molecule has 0 spiro atoms. The van der Waals surface area contributed by atoms with E-state index < -0.39 is 5.60 Å². The Kier molecular flexibility index (Phi) is 4.55. The summed E-state index contributed by atoms with van der Waals surface area (Å²) in [6.07, 6.45) is 2.28. The normalized spacial score (nSPS) is 18.6. The first kappa shape index (κ1) is 15.4. The van der Waals surface area contributed by atoms with E-state index in [1.807, 2.05) is 20.8 Å². The zero-order valence-corrected chi connectivity index (χ0v) is 12.8. The molecule has 0 radical (unpaired) electrons. The van der Waals surface area contributed by atoms with Crippen LogP contribution < -0.4 is 10.5 Å². The van der Waals surface area contributed by atoms with E-state index in [0.717, 1.165) is 6.42 Å². The van der Waals surface area contributed by atoms with Gasteiger partial charge in [-0.25, -0.2) is 9.78 Å². The minimum atomic E-state index is -0.464. The highest BCUT2D eigenvalue weighted by Crippen LogP contribution is 2.22. The van der Waals surface area contributed by atoms with Crippen molar-refractivity contribution in [1.29, 1.82) is 0 Å². The van der Waals surface area contributed by atoms with Crippen molar-refractivity contribution in [2.24, 2.45) is 5.92 Å². The van der Waals surface area contributed by atoms with E-state index in [0.29, 0.717) is 31.3 Å². The Bertz CT molecular complexity index is 499. The average Bonchev–Trinajstić information content (AvgIpc) is 2.85. The van der Waals surface area contributed by atoms with Crippen molar-refractivity contribution < 1.29 is 14.3 Å². The molecule has 6 nitrogen and oxygen atoms in total. The summed E-state index contributed by atoms with van der Waals surface area (Å²) in [5.74, 6) is 0.729. The van der Waals surface area contributed by atoms with Gasteiger partial charge in [0.2, 0.25) is 5.88 Å². The molecule has 2 heterocycles. The van der Waals surface area contributed by atoms with Crippen molar-refractivity contribution in [3.63, 3.8) is 0 Å². The molecule has 0 aliphatic carbocycles. The number of carbonyl (C=O) groups excluding carboxylic acids is 1. The molecule has 2 rings (SSSR count). The minimum absolute atomic E-state index is 0.262. The van der Waals surface area contributed by atoms with E-state index >= 15 is 0 Å². The topological polar surface area (TPSA) is 77.7 Å². The molecule has 0 saturated carbocycles. The maximum Gasteiger partial charge on any atom is 0.410 e. The van der Waals surface area contributed by atoms with E-state index in [4.69, 9.17) is 15.2 Å². The highest BCUT2D eigenvalue weighted by molar-refractivity contribution is 5.68. The number of nitrogens with two attached hydrogens (primary N) is 1. The van der Waals surface area contributed by atoms with Gasteiger partial charge in [0.25, 0.3) is 0 Å². The predicted octanol–water partition coefficient (Wildman–Crippen LogP) is 2.30. The molecule has 0 bridgehead atoms. The zero-order chi connectivity index (χ0) is 15.5. The van der Waals surface area contributed by atoms with Gasteiger partial charge in [0.05, 0.1) is 12.3 Å². The van der Waals surface area contributed by atoms with Crippen LogP contribution in [0.25, 0.3) is 0 Å². The zero-order valence-electron chi connectivity index (χ0n) is 12.8. The van der Waals surface area contributed by atoms with Crippen LogP contribution in [0, 0.1) is 5.92 Å². The highest BCUT2D eigenvalue weighted by atomic mass is 16.6. The van der Waals surface area contributed by atoms with Crippen LogP contribution in [0.3, 0.4) is 0 Å². The Hall–Kier alpha value is -1.98. The molecule has 2 N–H and O–H groups in total.